The molecule has 0 aliphatic heterocycles. The van der Waals surface area contributed by atoms with Crippen molar-refractivity contribution in [1.29, 1.82) is 0 Å². The van der Waals surface area contributed by atoms with E-state index in [-0.39, 0.29) is 166 Å². The number of benzene rings is 4. The average Bonchev–Trinajstić information content (AvgIpc) is 0.810. The number of rotatable bonds is 31. The van der Waals surface area contributed by atoms with Crippen LogP contribution in [0.15, 0.2) is 174 Å². The van der Waals surface area contributed by atoms with E-state index in [0.29, 0.717) is 94.7 Å². The Kier molecular flexibility index (Phi) is 61.0. The van der Waals surface area contributed by atoms with Gasteiger partial charge in [-0.2, -0.15) is 39.4 Å². The molecule has 11 N–H and O–H groups in total. The van der Waals surface area contributed by atoms with Crippen LogP contribution < -0.4 is 98.6 Å². The smallest absolute Gasteiger partial charge is 0.550 e. The molecule has 0 saturated carbocycles. The van der Waals surface area contributed by atoms with Crippen molar-refractivity contribution in [3.63, 3.8) is 0 Å². The standard InChI is InChI=1S/C19H20Br2N6O4S.C15H19BrN4O4S.C13H14BrClN4O2S.C10H5BrCl2N2.C4H2BrClN2.C3H9N2O2S.C2H6O2.4CH4.K/c1-2-7-26-32(28,29)27-17-16(13-3-5-14(20)6-4-13)18(25-12-24-17)30-8-9-31-19-22-10-15(21)11-23-19;1-2-7-19-25(22,23)20-14-13(11-3-5-12(16)6-4-11)15(18-10-17-14)24-9-8-21;1-2-7-18-22(20,21)19-13-11(12(15)16-8-17-13)9-3-5-10(14)6-4-9;11-7-3-1-6(2-4-7)8-9(12)14-5-15-10(8)13;5-3-1-7-4(6)8-2-3;1-2-3-5-8(4,6)7;3-1-2-4;;;;;/h3-6,10-12,26H,2,7-9H2,1H3,(H,24,25,27);3-6,10,19,21H,2,7-9H2,1H3,(H,17,18,20);3-6,8,18H,2,7H2,1H3,(H,16,17,19);1-5H;1-2H;5H,2-3H2,1H3,(H-,4,6,7);3-4H,1-2H2;4*1H4;/q;;;;;-1;;;;;;+1. The number of aliphatic hydroxyl groups excluding tert-OH is 3. The van der Waals surface area contributed by atoms with Crippen LogP contribution in [0, 0.1) is 0 Å². The van der Waals surface area contributed by atoms with Crippen molar-refractivity contribution in [2.75, 3.05) is 80.0 Å². The summed E-state index contributed by atoms with van der Waals surface area (Å²) in [5, 5.41) is 31.7. The third kappa shape index (κ3) is 46.2. The third-order valence-corrected chi connectivity index (χ3v) is 20.5. The van der Waals surface area contributed by atoms with Crippen LogP contribution >= 0.6 is 142 Å². The van der Waals surface area contributed by atoms with Crippen LogP contribution in [0.5, 0.6) is 17.8 Å². The Hall–Kier alpha value is -4.68. The van der Waals surface area contributed by atoms with Gasteiger partial charge in [0, 0.05) is 68.9 Å². The first-order valence-corrected chi connectivity index (χ1v) is 45.2. The van der Waals surface area contributed by atoms with Crippen molar-refractivity contribution in [2.45, 2.75) is 83.1 Å². The molecular weight excluding hydrogens is 2130 g/mol. The van der Waals surface area contributed by atoms with E-state index >= 15 is 0 Å². The summed E-state index contributed by atoms with van der Waals surface area (Å²) >= 11 is 43.3. The Morgan fingerprint density at radius 2 is 0.630 bits per heavy atom. The molecule has 0 aliphatic carbocycles. The molecule has 0 fully saturated rings. The van der Waals surface area contributed by atoms with E-state index in [4.69, 9.17) is 81.1 Å². The first kappa shape index (κ1) is 116. The summed E-state index contributed by atoms with van der Waals surface area (Å²) < 4.78 is 131. The van der Waals surface area contributed by atoms with Crippen LogP contribution in [0.4, 0.5) is 17.5 Å². The molecule has 49 heteroatoms. The number of anilines is 3. The van der Waals surface area contributed by atoms with E-state index in [9.17, 15) is 33.7 Å². The molecule has 0 spiro atoms. The van der Waals surface area contributed by atoms with Crippen molar-refractivity contribution in [1.82, 2.24) is 78.7 Å². The van der Waals surface area contributed by atoms with E-state index in [1.807, 2.05) is 93.1 Å². The molecule has 6 aromatic heterocycles. The Bertz CT molecular complexity index is 5000. The van der Waals surface area contributed by atoms with Crippen LogP contribution in [0.1, 0.15) is 83.1 Å². The Morgan fingerprint density at radius 3 is 0.941 bits per heavy atom. The van der Waals surface area contributed by atoms with Crippen molar-refractivity contribution in [2.24, 2.45) is 0 Å². The molecule has 0 unspecified atom stereocenters. The SMILES string of the molecule is C.C.C.C.CCCNS(=O)(=O)Nc1ncnc(Cl)c1-c1ccc(Br)cc1.CCCNS(=O)(=O)Nc1ncnc(OCCO)c1-c1ccc(Br)cc1.CCCNS(=O)(=O)Nc1ncnc(OCCOc2ncc(Br)cn2)c1-c1ccc(Br)cc1.CCCNS([NH-])(=O)=O.Clc1ncc(Br)cn1.Clc1ncnc(Cl)c1-c1ccc(Br)cc1.OCCO.[K+]. The summed E-state index contributed by atoms with van der Waals surface area (Å²) in [5.41, 5.74) is 4.84. The monoisotopic (exact) mass is 2220 g/mol. The molecule has 0 amide bonds. The van der Waals surface area contributed by atoms with Crippen molar-refractivity contribution in [3.8, 4) is 62.3 Å². The van der Waals surface area contributed by atoms with Gasteiger partial charge in [-0.1, -0.05) is 204 Å². The van der Waals surface area contributed by atoms with E-state index in [0.717, 1.165) is 38.8 Å². The molecular formula is C70H91Br6Cl4KN20O14S4. The average molecular weight is 2230 g/mol. The number of hydrogen-bond acceptors (Lipinski definition) is 26. The van der Waals surface area contributed by atoms with Gasteiger partial charge in [0.2, 0.25) is 17.0 Å². The molecule has 0 atom stereocenters. The van der Waals surface area contributed by atoms with Crippen molar-refractivity contribution >= 4 is 200 Å². The fraction of sp³-hybridized carbons (Fsp3) is 0.314. The first-order chi connectivity index (χ1) is 54.2. The van der Waals surface area contributed by atoms with E-state index in [1.165, 1.54) is 25.3 Å². The maximum Gasteiger partial charge on any atom is 1.00 e. The Morgan fingerprint density at radius 1 is 0.353 bits per heavy atom. The quantitative estimate of drug-likeness (QED) is 0.00835. The fourth-order valence-electron chi connectivity index (χ4n) is 7.90. The minimum atomic E-state index is -3.82. The number of aromatic nitrogens is 12. The summed E-state index contributed by atoms with van der Waals surface area (Å²) in [6, 6.07) is 29.5. The molecule has 650 valence electrons. The van der Waals surface area contributed by atoms with E-state index < -0.39 is 40.8 Å². The zero-order chi connectivity index (χ0) is 84.3. The third-order valence-electron chi connectivity index (χ3n) is 12.7. The number of nitrogens with zero attached hydrogens (tertiary/aromatic N) is 12. The molecule has 0 bridgehead atoms. The van der Waals surface area contributed by atoms with Crippen molar-refractivity contribution in [3.05, 3.63) is 200 Å². The largest absolute Gasteiger partial charge is 1.00 e. The second-order valence-electron chi connectivity index (χ2n) is 21.5. The first-order valence-electron chi connectivity index (χ1n) is 33.0. The molecule has 10 rings (SSSR count). The Labute approximate surface area is 809 Å². The maximum atomic E-state index is 12.4. The molecule has 0 aliphatic rings. The second kappa shape index (κ2) is 62.4. The summed E-state index contributed by atoms with van der Waals surface area (Å²) in [6.45, 7) is 8.60. The summed E-state index contributed by atoms with van der Waals surface area (Å²) in [6.07, 6.45) is 14.0. The van der Waals surface area contributed by atoms with Gasteiger partial charge in [-0.3, -0.25) is 14.2 Å². The minimum Gasteiger partial charge on any atom is -0.550 e. The van der Waals surface area contributed by atoms with Crippen LogP contribution in [0.25, 0.3) is 49.6 Å². The topological polar surface area (TPSA) is 488 Å². The zero-order valence-corrected chi connectivity index (χ0v) is 80.3. The molecule has 4 aromatic carbocycles. The summed E-state index contributed by atoms with van der Waals surface area (Å²) in [7, 11) is -15.0. The predicted octanol–water partition coefficient (Wildman–Crippen LogP) is 13.6. The van der Waals surface area contributed by atoms with Crippen LogP contribution in [-0.2, 0) is 40.8 Å². The Balaban J connectivity index is 0. The van der Waals surface area contributed by atoms with Gasteiger partial charge in [0.15, 0.2) is 17.5 Å². The molecule has 6 heterocycles. The van der Waals surface area contributed by atoms with Gasteiger partial charge in [0.05, 0.1) is 51.0 Å². The normalized spacial score (nSPS) is 10.5. The fourth-order valence-corrected chi connectivity index (χ4v) is 13.6. The zero-order valence-electron chi connectivity index (χ0n) is 61.4. The predicted molar refractivity (Wildman–Crippen MR) is 489 cm³/mol. The molecule has 0 saturated heterocycles. The molecule has 34 nitrogen and oxygen atoms in total. The van der Waals surface area contributed by atoms with Gasteiger partial charge in [-0.15, -0.1) is 0 Å². The number of hydrogen-bond donors (Lipinski definition) is 10. The van der Waals surface area contributed by atoms with Crippen LogP contribution in [0.3, 0.4) is 0 Å². The van der Waals surface area contributed by atoms with Gasteiger partial charge < -0.3 is 34.7 Å². The maximum absolute atomic E-state index is 12.4. The van der Waals surface area contributed by atoms with Crippen LogP contribution in [-0.4, -0.2) is 175 Å². The van der Waals surface area contributed by atoms with Crippen LogP contribution in [0.2, 0.25) is 20.7 Å². The second-order valence-corrected chi connectivity index (χ2v) is 34.2. The summed E-state index contributed by atoms with van der Waals surface area (Å²) in [5.74, 6) is 0.702. The molecule has 0 radical (unpaired) electrons. The minimum absolute atomic E-state index is 0. The van der Waals surface area contributed by atoms with E-state index in [1.54, 1.807) is 61.2 Å². The molecule has 10 aromatic rings. The van der Waals surface area contributed by atoms with Crippen molar-refractivity contribution < 1.29 is 115 Å². The van der Waals surface area contributed by atoms with Gasteiger partial charge >= 0.3 is 57.4 Å². The van der Waals surface area contributed by atoms with E-state index in [2.05, 4.69) is 184 Å². The van der Waals surface area contributed by atoms with Gasteiger partial charge in [0.25, 0.3) is 30.6 Å². The number of nitrogens with one attached hydrogen (secondary N) is 8. The number of ether oxygens (including phenoxy) is 3. The van der Waals surface area contributed by atoms with Gasteiger partial charge in [-0.25, -0.2) is 72.9 Å². The molecule has 119 heavy (non-hydrogen) atoms. The van der Waals surface area contributed by atoms with Gasteiger partial charge in [-0.05, 0) is 140 Å². The number of aliphatic hydroxyl groups is 3. The summed E-state index contributed by atoms with van der Waals surface area (Å²) in [4.78, 5) is 47.5. The number of halogens is 10. The van der Waals surface area contributed by atoms with Gasteiger partial charge in [0.1, 0.15) is 70.8 Å².